The lowest BCUT2D eigenvalue weighted by molar-refractivity contribution is -0.120. The molecule has 0 fully saturated rings. The first-order valence-electron chi connectivity index (χ1n) is 10.8. The Labute approximate surface area is 195 Å². The van der Waals surface area contributed by atoms with Crippen molar-refractivity contribution in [2.45, 2.75) is 51.6 Å². The van der Waals surface area contributed by atoms with Crippen LogP contribution in [0.1, 0.15) is 50.0 Å². The van der Waals surface area contributed by atoms with Crippen LogP contribution in [0.15, 0.2) is 53.0 Å². The third kappa shape index (κ3) is 5.43. The lowest BCUT2D eigenvalue weighted by Crippen LogP contribution is -2.29. The van der Waals surface area contributed by atoms with Crippen LogP contribution in [0.25, 0.3) is 11.4 Å². The number of amides is 2. The molecule has 166 valence electrons. The number of hydrogen-bond donors (Lipinski definition) is 2. The monoisotopic (exact) mass is 495 g/mol. The quantitative estimate of drug-likeness (QED) is 0.521. The van der Waals surface area contributed by atoms with E-state index in [0.717, 1.165) is 53.1 Å². The van der Waals surface area contributed by atoms with Crippen molar-refractivity contribution in [3.05, 3.63) is 64.4 Å². The highest BCUT2D eigenvalue weighted by Gasteiger charge is 2.19. The molecule has 0 saturated carbocycles. The number of benzene rings is 2. The first-order valence-corrected chi connectivity index (χ1v) is 11.6. The number of nitrogens with one attached hydrogen (secondary N) is 2. The molecule has 0 aliphatic carbocycles. The maximum atomic E-state index is 12.8. The largest absolute Gasteiger partial charge is 0.349 e. The summed E-state index contributed by atoms with van der Waals surface area (Å²) in [4.78, 5) is 24.5. The number of nitrogens with zero attached hydrogens (tertiary/aromatic N) is 3. The molecule has 4 rings (SSSR count). The van der Waals surface area contributed by atoms with Crippen LogP contribution >= 0.6 is 15.9 Å². The minimum absolute atomic E-state index is 0.131. The normalized spacial score (nSPS) is 14.2. The van der Waals surface area contributed by atoms with Crippen molar-refractivity contribution < 1.29 is 9.59 Å². The summed E-state index contributed by atoms with van der Waals surface area (Å²) in [7, 11) is 0. The van der Waals surface area contributed by atoms with Gasteiger partial charge in [-0.25, -0.2) is 0 Å². The number of rotatable bonds is 6. The summed E-state index contributed by atoms with van der Waals surface area (Å²) in [6.45, 7) is 2.37. The fourth-order valence-electron chi connectivity index (χ4n) is 4.02. The van der Waals surface area contributed by atoms with Crippen molar-refractivity contribution >= 4 is 33.4 Å². The predicted octanol–water partition coefficient (Wildman–Crippen LogP) is 4.64. The van der Waals surface area contributed by atoms with E-state index in [9.17, 15) is 9.59 Å². The number of anilines is 1. The maximum absolute atomic E-state index is 12.8. The summed E-state index contributed by atoms with van der Waals surface area (Å²) < 4.78 is 3.13. The summed E-state index contributed by atoms with van der Waals surface area (Å²) >= 11 is 3.41. The third-order valence-corrected chi connectivity index (χ3v) is 6.08. The van der Waals surface area contributed by atoms with Crippen LogP contribution in [0.2, 0.25) is 0 Å². The molecule has 2 heterocycles. The molecule has 2 aromatic carbocycles. The molecule has 1 aliphatic rings. The summed E-state index contributed by atoms with van der Waals surface area (Å²) in [6.07, 6.45) is 4.54. The highest BCUT2D eigenvalue weighted by atomic mass is 79.9. The van der Waals surface area contributed by atoms with Gasteiger partial charge in [0.05, 0.1) is 12.5 Å². The molecule has 1 atom stereocenters. The van der Waals surface area contributed by atoms with E-state index < -0.39 is 6.04 Å². The number of fused-ring (bicyclic) bond motifs is 1. The van der Waals surface area contributed by atoms with Gasteiger partial charge in [0.25, 0.3) is 0 Å². The Morgan fingerprint density at radius 3 is 2.69 bits per heavy atom. The van der Waals surface area contributed by atoms with Gasteiger partial charge in [0.2, 0.25) is 11.8 Å². The van der Waals surface area contributed by atoms with E-state index in [1.165, 1.54) is 13.3 Å². The number of carbonyl (C=O) groups is 2. The highest BCUT2D eigenvalue weighted by Crippen LogP contribution is 2.26. The van der Waals surface area contributed by atoms with Crippen molar-refractivity contribution in [2.75, 3.05) is 5.32 Å². The number of halogens is 1. The molecule has 2 N–H and O–H groups in total. The molecule has 0 bridgehead atoms. The third-order valence-electron chi connectivity index (χ3n) is 5.55. The van der Waals surface area contributed by atoms with Crippen LogP contribution in [0.3, 0.4) is 0 Å². The van der Waals surface area contributed by atoms with Crippen LogP contribution in [-0.2, 0) is 22.6 Å². The van der Waals surface area contributed by atoms with Gasteiger partial charge in [0.1, 0.15) is 5.82 Å². The highest BCUT2D eigenvalue weighted by molar-refractivity contribution is 9.10. The van der Waals surface area contributed by atoms with Gasteiger partial charge in [-0.2, -0.15) is 0 Å². The molecule has 3 aromatic rings. The van der Waals surface area contributed by atoms with Gasteiger partial charge < -0.3 is 15.2 Å². The Hall–Kier alpha value is -3.00. The average Bonchev–Trinajstić information content (AvgIpc) is 3.02. The van der Waals surface area contributed by atoms with Gasteiger partial charge in [0.15, 0.2) is 5.82 Å². The molecule has 1 unspecified atom stereocenters. The van der Waals surface area contributed by atoms with E-state index in [2.05, 4.69) is 41.3 Å². The standard InChI is InChI=1S/C24H26BrN5O2/c1-16(31)26-21(17-9-11-19(25)12-10-17)15-23(32)27-20-7-5-6-18(14-20)24-29-28-22-8-3-2-4-13-30(22)24/h5-7,9-12,14,21H,2-4,8,13,15H2,1H3,(H,26,31)(H,27,32). The second kappa shape index (κ2) is 10.1. The zero-order valence-corrected chi connectivity index (χ0v) is 19.6. The second-order valence-corrected chi connectivity index (χ2v) is 8.96. The molecule has 8 heteroatoms. The maximum Gasteiger partial charge on any atom is 0.226 e. The van der Waals surface area contributed by atoms with Crippen molar-refractivity contribution in [2.24, 2.45) is 0 Å². The van der Waals surface area contributed by atoms with Crippen LogP contribution in [-0.4, -0.2) is 26.6 Å². The first-order chi connectivity index (χ1) is 15.5. The molecule has 7 nitrogen and oxygen atoms in total. The molecule has 0 spiro atoms. The van der Waals surface area contributed by atoms with E-state index in [4.69, 9.17) is 0 Å². The van der Waals surface area contributed by atoms with Crippen molar-refractivity contribution in [1.29, 1.82) is 0 Å². The van der Waals surface area contributed by atoms with Crippen molar-refractivity contribution in [1.82, 2.24) is 20.1 Å². The van der Waals surface area contributed by atoms with Gasteiger partial charge >= 0.3 is 0 Å². The minimum Gasteiger partial charge on any atom is -0.349 e. The van der Waals surface area contributed by atoms with Gasteiger partial charge in [-0.05, 0) is 42.7 Å². The lowest BCUT2D eigenvalue weighted by atomic mass is 10.0. The Morgan fingerprint density at radius 2 is 1.91 bits per heavy atom. The molecule has 0 radical (unpaired) electrons. The van der Waals surface area contributed by atoms with Gasteiger partial charge in [0, 0.05) is 35.6 Å². The Morgan fingerprint density at radius 1 is 1.09 bits per heavy atom. The second-order valence-electron chi connectivity index (χ2n) is 8.04. The minimum atomic E-state index is -0.406. The van der Waals surface area contributed by atoms with Crippen LogP contribution in [0.5, 0.6) is 0 Å². The van der Waals surface area contributed by atoms with Gasteiger partial charge in [-0.3, -0.25) is 9.59 Å². The molecular weight excluding hydrogens is 470 g/mol. The number of aryl methyl sites for hydroxylation is 1. The summed E-state index contributed by atoms with van der Waals surface area (Å²) in [6, 6.07) is 14.9. The number of hydrogen-bond acceptors (Lipinski definition) is 4. The Kier molecular flexibility index (Phi) is 6.99. The van der Waals surface area contributed by atoms with Gasteiger partial charge in [-0.15, -0.1) is 10.2 Å². The zero-order chi connectivity index (χ0) is 22.5. The molecule has 32 heavy (non-hydrogen) atoms. The van der Waals surface area contributed by atoms with Crippen LogP contribution in [0.4, 0.5) is 5.69 Å². The van der Waals surface area contributed by atoms with Crippen LogP contribution in [0, 0.1) is 0 Å². The van der Waals surface area contributed by atoms with Crippen molar-refractivity contribution in [3.63, 3.8) is 0 Å². The van der Waals surface area contributed by atoms with Crippen molar-refractivity contribution in [3.8, 4) is 11.4 Å². The SMILES string of the molecule is CC(=O)NC(CC(=O)Nc1cccc(-c2nnc3n2CCCCC3)c1)c1ccc(Br)cc1. The topological polar surface area (TPSA) is 88.9 Å². The lowest BCUT2D eigenvalue weighted by Gasteiger charge is -2.18. The summed E-state index contributed by atoms with van der Waals surface area (Å²) in [5.41, 5.74) is 2.49. The van der Waals surface area contributed by atoms with E-state index in [-0.39, 0.29) is 18.2 Å². The first kappa shape index (κ1) is 22.2. The fraction of sp³-hybridized carbons (Fsp3) is 0.333. The predicted molar refractivity (Wildman–Crippen MR) is 127 cm³/mol. The van der Waals surface area contributed by atoms with E-state index in [0.29, 0.717) is 5.69 Å². The summed E-state index contributed by atoms with van der Waals surface area (Å²) in [5.74, 6) is 1.51. The van der Waals surface area contributed by atoms with Gasteiger partial charge in [-0.1, -0.05) is 46.6 Å². The molecule has 1 aliphatic heterocycles. The van der Waals surface area contributed by atoms with E-state index in [1.54, 1.807) is 0 Å². The number of aromatic nitrogens is 3. The van der Waals surface area contributed by atoms with Crippen LogP contribution < -0.4 is 10.6 Å². The number of carbonyl (C=O) groups excluding carboxylic acids is 2. The Bertz CT molecular complexity index is 1110. The molecular formula is C24H26BrN5O2. The smallest absolute Gasteiger partial charge is 0.226 e. The fourth-order valence-corrected chi connectivity index (χ4v) is 4.29. The average molecular weight is 496 g/mol. The van der Waals surface area contributed by atoms with E-state index in [1.807, 2.05) is 48.5 Å². The zero-order valence-electron chi connectivity index (χ0n) is 18.0. The molecule has 1 aromatic heterocycles. The molecule has 0 saturated heterocycles. The molecule has 2 amide bonds. The summed E-state index contributed by atoms with van der Waals surface area (Å²) in [5, 5.41) is 14.6. The van der Waals surface area contributed by atoms with E-state index >= 15 is 0 Å². The Balaban J connectivity index is 1.49.